The number of benzene rings is 1. The van der Waals surface area contributed by atoms with E-state index in [-0.39, 0.29) is 17.2 Å². The molecule has 1 heterocycles. The molecule has 0 spiro atoms. The highest BCUT2D eigenvalue weighted by Gasteiger charge is 2.32. The molecule has 118 valence electrons. The van der Waals surface area contributed by atoms with E-state index in [4.69, 9.17) is 4.42 Å². The van der Waals surface area contributed by atoms with Crippen molar-refractivity contribution in [2.24, 2.45) is 0 Å². The van der Waals surface area contributed by atoms with E-state index in [0.29, 0.717) is 0 Å². The summed E-state index contributed by atoms with van der Waals surface area (Å²) in [7, 11) is -2.70. The Balaban J connectivity index is 2.35. The second-order valence-electron chi connectivity index (χ2n) is 4.38. The number of hydrogen-bond donors (Lipinski definition) is 1. The minimum absolute atomic E-state index is 0.0676. The summed E-state index contributed by atoms with van der Waals surface area (Å²) >= 11 is 0. The summed E-state index contributed by atoms with van der Waals surface area (Å²) in [5.41, 5.74) is 0. The average molecular weight is 327 g/mol. The lowest BCUT2D eigenvalue weighted by Gasteiger charge is -2.16. The van der Waals surface area contributed by atoms with Crippen molar-refractivity contribution in [2.75, 3.05) is 13.7 Å². The zero-order valence-electron chi connectivity index (χ0n) is 11.7. The van der Waals surface area contributed by atoms with Crippen LogP contribution in [0.1, 0.15) is 11.0 Å². The van der Waals surface area contributed by atoms with E-state index in [0.717, 1.165) is 12.1 Å². The third-order valence-corrected chi connectivity index (χ3v) is 5.07. The van der Waals surface area contributed by atoms with Crippen LogP contribution in [-0.2, 0) is 14.6 Å². The maximum Gasteiger partial charge on any atom is 0.406 e. The van der Waals surface area contributed by atoms with Crippen LogP contribution in [0.15, 0.2) is 52.0 Å². The summed E-state index contributed by atoms with van der Waals surface area (Å²) in [6.07, 6.45) is 0.576. The topological polar surface area (TPSA) is 85.6 Å². The molecule has 0 aliphatic rings. The van der Waals surface area contributed by atoms with Gasteiger partial charge in [-0.15, -0.1) is 0 Å². The van der Waals surface area contributed by atoms with Gasteiger partial charge in [0.1, 0.15) is 16.8 Å². The predicted molar refractivity (Wildman–Crippen MR) is 75.4 cm³/mol. The largest absolute Gasteiger partial charge is 0.468 e. The summed E-state index contributed by atoms with van der Waals surface area (Å²) in [4.78, 5) is 11.1. The minimum atomic E-state index is -3.88. The highest BCUT2D eigenvalue weighted by molar-refractivity contribution is 7.91. The van der Waals surface area contributed by atoms with Gasteiger partial charge in [0, 0.05) is 6.54 Å². The van der Waals surface area contributed by atoms with E-state index in [1.54, 1.807) is 6.07 Å². The maximum atomic E-state index is 13.0. The van der Waals surface area contributed by atoms with Gasteiger partial charge in [-0.1, -0.05) is 0 Å². The van der Waals surface area contributed by atoms with Gasteiger partial charge < -0.3 is 14.5 Å². The molecule has 0 bridgehead atoms. The summed E-state index contributed by atoms with van der Waals surface area (Å²) in [6, 6.07) is 7.47. The number of furan rings is 1. The number of sulfone groups is 1. The van der Waals surface area contributed by atoms with Crippen LogP contribution in [0.3, 0.4) is 0 Å². The molecular formula is C14H14FNO5S. The van der Waals surface area contributed by atoms with Crippen LogP contribution in [0.25, 0.3) is 0 Å². The molecule has 2 aromatic rings. The highest BCUT2D eigenvalue weighted by atomic mass is 32.2. The number of alkyl carbamates (subject to hydrolysis) is 1. The van der Waals surface area contributed by atoms with Gasteiger partial charge in [-0.25, -0.2) is 17.6 Å². The van der Waals surface area contributed by atoms with Crippen molar-refractivity contribution in [3.63, 3.8) is 0 Å². The molecule has 0 aliphatic carbocycles. The van der Waals surface area contributed by atoms with Gasteiger partial charge in [-0.2, -0.15) is 0 Å². The smallest absolute Gasteiger partial charge is 0.406 e. The molecule has 1 N–H and O–H groups in total. The zero-order chi connectivity index (χ0) is 16.2. The van der Waals surface area contributed by atoms with Gasteiger partial charge in [0.25, 0.3) is 0 Å². The van der Waals surface area contributed by atoms with Gasteiger partial charge in [0.05, 0.1) is 18.3 Å². The Hall–Kier alpha value is -2.35. The number of methoxy groups -OCH3 is 1. The number of carbonyl (C=O) groups is 1. The molecule has 6 nitrogen and oxygen atoms in total. The van der Waals surface area contributed by atoms with E-state index in [9.17, 15) is 17.6 Å². The first-order valence-corrected chi connectivity index (χ1v) is 7.84. The molecule has 1 aromatic heterocycles. The Labute approximate surface area is 126 Å². The first-order chi connectivity index (χ1) is 10.4. The van der Waals surface area contributed by atoms with E-state index < -0.39 is 27.0 Å². The van der Waals surface area contributed by atoms with Crippen LogP contribution in [0, 0.1) is 5.82 Å². The molecule has 0 saturated carbocycles. The number of ether oxygens (including phenoxy) is 1. The Morgan fingerprint density at radius 2 is 2.00 bits per heavy atom. The Bertz CT molecular complexity index is 725. The van der Waals surface area contributed by atoms with Crippen molar-refractivity contribution < 1.29 is 26.8 Å². The Morgan fingerprint density at radius 1 is 1.32 bits per heavy atom. The van der Waals surface area contributed by atoms with Crippen LogP contribution >= 0.6 is 0 Å². The molecule has 22 heavy (non-hydrogen) atoms. The third kappa shape index (κ3) is 3.45. The normalized spacial score (nSPS) is 12.6. The molecule has 1 atom stereocenters. The van der Waals surface area contributed by atoms with Crippen LogP contribution in [-0.4, -0.2) is 28.2 Å². The Kier molecular flexibility index (Phi) is 4.81. The van der Waals surface area contributed by atoms with E-state index in [1.807, 2.05) is 0 Å². The third-order valence-electron chi connectivity index (χ3n) is 2.99. The van der Waals surface area contributed by atoms with Gasteiger partial charge in [-0.05, 0) is 36.4 Å². The summed E-state index contributed by atoms with van der Waals surface area (Å²) < 4.78 is 47.9. The fourth-order valence-electron chi connectivity index (χ4n) is 1.87. The molecule has 8 heteroatoms. The molecule has 1 unspecified atom stereocenters. The fourth-order valence-corrected chi connectivity index (χ4v) is 3.46. The molecule has 0 aliphatic heterocycles. The number of halogens is 1. The standard InChI is InChI=1S/C14H14FNO5S/c1-20-14(17)16-9-13(12-3-2-8-21-12)22(18,19)11-6-4-10(15)5-7-11/h2-8,13H,9H2,1H3,(H,16,17). The number of amides is 1. The van der Waals surface area contributed by atoms with Gasteiger partial charge >= 0.3 is 6.09 Å². The van der Waals surface area contributed by atoms with Crippen molar-refractivity contribution >= 4 is 15.9 Å². The molecule has 0 radical (unpaired) electrons. The molecule has 1 amide bonds. The van der Waals surface area contributed by atoms with Crippen LogP contribution in [0.5, 0.6) is 0 Å². The summed E-state index contributed by atoms with van der Waals surface area (Å²) in [5, 5.41) is 1.19. The lowest BCUT2D eigenvalue weighted by Crippen LogP contribution is -2.31. The lowest BCUT2D eigenvalue weighted by atomic mass is 10.3. The van der Waals surface area contributed by atoms with E-state index >= 15 is 0 Å². The quantitative estimate of drug-likeness (QED) is 0.852. The first-order valence-electron chi connectivity index (χ1n) is 6.30. The SMILES string of the molecule is COC(=O)NCC(c1ccco1)S(=O)(=O)c1ccc(F)cc1. The maximum absolute atomic E-state index is 13.0. The summed E-state index contributed by atoms with van der Waals surface area (Å²) in [5.74, 6) is -0.373. The van der Waals surface area contributed by atoms with Crippen molar-refractivity contribution in [2.45, 2.75) is 10.1 Å². The van der Waals surface area contributed by atoms with Crippen LogP contribution in [0.4, 0.5) is 9.18 Å². The lowest BCUT2D eigenvalue weighted by molar-refractivity contribution is 0.171. The van der Waals surface area contributed by atoms with Gasteiger partial charge in [0.2, 0.25) is 0 Å². The highest BCUT2D eigenvalue weighted by Crippen LogP contribution is 2.29. The van der Waals surface area contributed by atoms with Crippen molar-refractivity contribution in [3.05, 3.63) is 54.2 Å². The zero-order valence-corrected chi connectivity index (χ0v) is 12.5. The average Bonchev–Trinajstić information content (AvgIpc) is 3.01. The number of carbonyl (C=O) groups excluding carboxylic acids is 1. The second kappa shape index (κ2) is 6.61. The van der Waals surface area contributed by atoms with Gasteiger partial charge in [-0.3, -0.25) is 0 Å². The Morgan fingerprint density at radius 3 is 2.55 bits per heavy atom. The molecule has 2 rings (SSSR count). The van der Waals surface area contributed by atoms with Crippen molar-refractivity contribution in [3.8, 4) is 0 Å². The van der Waals surface area contributed by atoms with E-state index in [2.05, 4.69) is 10.1 Å². The fraction of sp³-hybridized carbons (Fsp3) is 0.214. The summed E-state index contributed by atoms with van der Waals surface area (Å²) in [6.45, 7) is -0.236. The van der Waals surface area contributed by atoms with E-state index in [1.165, 1.54) is 31.6 Å². The van der Waals surface area contributed by atoms with Crippen molar-refractivity contribution in [1.82, 2.24) is 5.32 Å². The second-order valence-corrected chi connectivity index (χ2v) is 6.51. The van der Waals surface area contributed by atoms with Crippen LogP contribution in [0.2, 0.25) is 0 Å². The van der Waals surface area contributed by atoms with Crippen LogP contribution < -0.4 is 5.32 Å². The minimum Gasteiger partial charge on any atom is -0.468 e. The predicted octanol–water partition coefficient (Wildman–Crippen LogP) is 2.29. The number of hydrogen-bond acceptors (Lipinski definition) is 5. The number of nitrogens with one attached hydrogen (secondary N) is 1. The number of rotatable bonds is 5. The first kappa shape index (κ1) is 16.0. The monoisotopic (exact) mass is 327 g/mol. The van der Waals surface area contributed by atoms with Crippen molar-refractivity contribution in [1.29, 1.82) is 0 Å². The molecular weight excluding hydrogens is 313 g/mol. The van der Waals surface area contributed by atoms with Gasteiger partial charge in [0.15, 0.2) is 9.84 Å². The molecule has 1 aromatic carbocycles. The molecule has 0 saturated heterocycles. The molecule has 0 fully saturated rings.